The van der Waals surface area contributed by atoms with Crippen molar-refractivity contribution < 1.29 is 22.7 Å². The van der Waals surface area contributed by atoms with Gasteiger partial charge < -0.3 is 9.64 Å². The number of benzene rings is 1. The Kier molecular flexibility index (Phi) is 5.05. The molecule has 0 fully saturated rings. The average Bonchev–Trinajstić information content (AvgIpc) is 2.30. The minimum absolute atomic E-state index is 0.192. The molecule has 19 heavy (non-hydrogen) atoms. The van der Waals surface area contributed by atoms with E-state index in [0.29, 0.717) is 9.32 Å². The van der Waals surface area contributed by atoms with Gasteiger partial charge in [-0.3, -0.25) is 4.79 Å². The zero-order chi connectivity index (χ0) is 14.8. The SMILES string of the molecule is COc1ccc(I)c(N(C(=O)C(F)(F)F)C(C)C)c1. The maximum absolute atomic E-state index is 12.6. The smallest absolute Gasteiger partial charge is 0.471 e. The van der Waals surface area contributed by atoms with E-state index in [1.54, 1.807) is 12.1 Å². The lowest BCUT2D eigenvalue weighted by Gasteiger charge is -2.28. The monoisotopic (exact) mass is 387 g/mol. The molecule has 0 aromatic heterocycles. The summed E-state index contributed by atoms with van der Waals surface area (Å²) in [7, 11) is 1.41. The van der Waals surface area contributed by atoms with E-state index in [9.17, 15) is 18.0 Å². The summed E-state index contributed by atoms with van der Waals surface area (Å²) in [6.45, 7) is 3.05. The van der Waals surface area contributed by atoms with Crippen LogP contribution in [0.15, 0.2) is 18.2 Å². The van der Waals surface area contributed by atoms with Crippen LogP contribution in [-0.4, -0.2) is 25.2 Å². The molecule has 0 saturated carbocycles. The van der Waals surface area contributed by atoms with Crippen LogP contribution < -0.4 is 9.64 Å². The molecule has 1 aromatic carbocycles. The van der Waals surface area contributed by atoms with E-state index in [-0.39, 0.29) is 5.69 Å². The second-order valence-electron chi connectivity index (χ2n) is 4.08. The number of amides is 1. The van der Waals surface area contributed by atoms with Gasteiger partial charge in [0.15, 0.2) is 0 Å². The number of methoxy groups -OCH3 is 1. The van der Waals surface area contributed by atoms with Crippen molar-refractivity contribution in [2.24, 2.45) is 0 Å². The predicted molar refractivity (Wildman–Crippen MR) is 74.4 cm³/mol. The summed E-state index contributed by atoms with van der Waals surface area (Å²) in [4.78, 5) is 12.2. The highest BCUT2D eigenvalue weighted by Crippen LogP contribution is 2.32. The van der Waals surface area contributed by atoms with Crippen molar-refractivity contribution in [1.29, 1.82) is 0 Å². The molecular weight excluding hydrogens is 374 g/mol. The standard InChI is InChI=1S/C12H13F3INO2/c1-7(2)17(11(18)12(13,14)15)10-6-8(19-3)4-5-9(10)16/h4-7H,1-3H3. The first kappa shape index (κ1) is 16.1. The van der Waals surface area contributed by atoms with E-state index >= 15 is 0 Å². The van der Waals surface area contributed by atoms with Crippen LogP contribution in [0.1, 0.15) is 13.8 Å². The summed E-state index contributed by atoms with van der Waals surface area (Å²) in [5.41, 5.74) is 0.192. The number of nitrogens with zero attached hydrogens (tertiary/aromatic N) is 1. The Morgan fingerprint density at radius 2 is 1.95 bits per heavy atom. The van der Waals surface area contributed by atoms with Crippen LogP contribution in [0.2, 0.25) is 0 Å². The van der Waals surface area contributed by atoms with E-state index in [2.05, 4.69) is 0 Å². The van der Waals surface area contributed by atoms with Crippen LogP contribution >= 0.6 is 22.6 Å². The molecule has 0 radical (unpaired) electrons. The average molecular weight is 387 g/mol. The Hall–Kier alpha value is -0.990. The van der Waals surface area contributed by atoms with Crippen LogP contribution in [0, 0.1) is 3.57 Å². The molecule has 0 unspecified atom stereocenters. The number of hydrogen-bond acceptors (Lipinski definition) is 2. The van der Waals surface area contributed by atoms with Crippen LogP contribution in [0.25, 0.3) is 0 Å². The van der Waals surface area contributed by atoms with Crippen molar-refractivity contribution in [3.63, 3.8) is 0 Å². The molecule has 1 amide bonds. The molecule has 0 atom stereocenters. The number of anilines is 1. The molecular formula is C12H13F3INO2. The summed E-state index contributed by atoms with van der Waals surface area (Å²) in [5.74, 6) is -1.48. The molecule has 1 rings (SSSR count). The number of rotatable bonds is 3. The largest absolute Gasteiger partial charge is 0.497 e. The lowest BCUT2D eigenvalue weighted by atomic mass is 10.2. The van der Waals surface area contributed by atoms with Crippen LogP contribution in [0.3, 0.4) is 0 Å². The van der Waals surface area contributed by atoms with Gasteiger partial charge in [-0.1, -0.05) is 0 Å². The summed E-state index contributed by atoms with van der Waals surface area (Å²) in [6, 6.07) is 4.04. The third-order valence-electron chi connectivity index (χ3n) is 2.39. The normalized spacial score (nSPS) is 11.6. The number of alkyl halides is 3. The summed E-state index contributed by atoms with van der Waals surface area (Å²) < 4.78 is 43.4. The fourth-order valence-electron chi connectivity index (χ4n) is 1.56. The first-order valence-corrected chi connectivity index (χ1v) is 6.50. The van der Waals surface area contributed by atoms with Gasteiger partial charge in [0, 0.05) is 15.7 Å². The van der Waals surface area contributed by atoms with Gasteiger partial charge in [0.25, 0.3) is 0 Å². The van der Waals surface area contributed by atoms with Gasteiger partial charge in [-0.05, 0) is 48.6 Å². The number of ether oxygens (including phenoxy) is 1. The van der Waals surface area contributed by atoms with E-state index < -0.39 is 18.1 Å². The van der Waals surface area contributed by atoms with Gasteiger partial charge in [0.2, 0.25) is 0 Å². The zero-order valence-electron chi connectivity index (χ0n) is 10.6. The van der Waals surface area contributed by atoms with Crippen molar-refractivity contribution in [1.82, 2.24) is 0 Å². The molecule has 1 aromatic rings. The van der Waals surface area contributed by atoms with Gasteiger partial charge >= 0.3 is 12.1 Å². The minimum atomic E-state index is -4.91. The molecule has 0 bridgehead atoms. The van der Waals surface area contributed by atoms with Crippen molar-refractivity contribution in [2.45, 2.75) is 26.1 Å². The second-order valence-corrected chi connectivity index (χ2v) is 5.25. The van der Waals surface area contributed by atoms with Crippen LogP contribution in [0.5, 0.6) is 5.75 Å². The van der Waals surface area contributed by atoms with Crippen LogP contribution in [-0.2, 0) is 4.79 Å². The highest BCUT2D eigenvalue weighted by atomic mass is 127. The molecule has 3 nitrogen and oxygen atoms in total. The Bertz CT molecular complexity index is 475. The van der Waals surface area contributed by atoms with Crippen molar-refractivity contribution in [2.75, 3.05) is 12.0 Å². The summed E-state index contributed by atoms with van der Waals surface area (Å²) >= 11 is 1.89. The van der Waals surface area contributed by atoms with Gasteiger partial charge in [-0.25, -0.2) is 0 Å². The van der Waals surface area contributed by atoms with E-state index in [4.69, 9.17) is 4.74 Å². The highest BCUT2D eigenvalue weighted by Gasteiger charge is 2.44. The summed E-state index contributed by atoms with van der Waals surface area (Å²) in [6.07, 6.45) is -4.91. The third-order valence-corrected chi connectivity index (χ3v) is 3.30. The summed E-state index contributed by atoms with van der Waals surface area (Å²) in [5, 5.41) is 0. The van der Waals surface area contributed by atoms with Crippen LogP contribution in [0.4, 0.5) is 18.9 Å². The first-order valence-electron chi connectivity index (χ1n) is 5.42. The lowest BCUT2D eigenvalue weighted by Crippen LogP contribution is -2.45. The Morgan fingerprint density at radius 1 is 1.37 bits per heavy atom. The first-order chi connectivity index (χ1) is 8.68. The Morgan fingerprint density at radius 3 is 2.37 bits per heavy atom. The second kappa shape index (κ2) is 5.98. The Balaban J connectivity index is 3.31. The lowest BCUT2D eigenvalue weighted by molar-refractivity contribution is -0.170. The molecule has 7 heteroatoms. The van der Waals surface area contributed by atoms with Gasteiger partial charge in [-0.15, -0.1) is 0 Å². The van der Waals surface area contributed by atoms with Crippen molar-refractivity contribution in [3.05, 3.63) is 21.8 Å². The molecule has 0 saturated heterocycles. The quantitative estimate of drug-likeness (QED) is 0.742. The zero-order valence-corrected chi connectivity index (χ0v) is 12.7. The van der Waals surface area contributed by atoms with Crippen molar-refractivity contribution in [3.8, 4) is 5.75 Å². The highest BCUT2D eigenvalue weighted by molar-refractivity contribution is 14.1. The fourth-order valence-corrected chi connectivity index (χ4v) is 2.16. The predicted octanol–water partition coefficient (Wildman–Crippen LogP) is 3.60. The topological polar surface area (TPSA) is 29.5 Å². The maximum Gasteiger partial charge on any atom is 0.471 e. The molecule has 0 heterocycles. The third kappa shape index (κ3) is 3.74. The fraction of sp³-hybridized carbons (Fsp3) is 0.417. The van der Waals surface area contributed by atoms with Gasteiger partial charge in [0.1, 0.15) is 5.75 Å². The van der Waals surface area contributed by atoms with E-state index in [1.807, 2.05) is 22.6 Å². The molecule has 0 N–H and O–H groups in total. The number of carbonyl (C=O) groups is 1. The number of halogens is 4. The number of hydrogen-bond donors (Lipinski definition) is 0. The Labute approximate surface area is 122 Å². The minimum Gasteiger partial charge on any atom is -0.497 e. The van der Waals surface area contributed by atoms with Crippen molar-refractivity contribution >= 4 is 34.2 Å². The maximum atomic E-state index is 12.6. The molecule has 0 spiro atoms. The van der Waals surface area contributed by atoms with Gasteiger partial charge in [-0.2, -0.15) is 13.2 Å². The van der Waals surface area contributed by atoms with Gasteiger partial charge in [0.05, 0.1) is 12.8 Å². The molecule has 0 aliphatic carbocycles. The van der Waals surface area contributed by atoms with E-state index in [0.717, 1.165) is 4.90 Å². The molecule has 106 valence electrons. The van der Waals surface area contributed by atoms with E-state index in [1.165, 1.54) is 27.0 Å². The molecule has 0 aliphatic heterocycles. The molecule has 0 aliphatic rings. The number of carbonyl (C=O) groups excluding carboxylic acids is 1.